The van der Waals surface area contributed by atoms with Gasteiger partial charge in [-0.1, -0.05) is 42.5 Å². The van der Waals surface area contributed by atoms with Crippen LogP contribution < -0.4 is 5.14 Å². The fourth-order valence-electron chi connectivity index (χ4n) is 1.23. The first-order valence-corrected chi connectivity index (χ1v) is 5.86. The highest BCUT2D eigenvalue weighted by Gasteiger charge is 2.19. The minimum absolute atomic E-state index is 0.688. The van der Waals surface area contributed by atoms with Crippen molar-refractivity contribution in [1.29, 1.82) is 0 Å². The normalized spacial score (nSPS) is 14.4. The zero-order valence-corrected chi connectivity index (χ0v) is 8.74. The number of hydrogen-bond donors (Lipinski definition) is 1. The molecule has 1 aromatic carbocycles. The van der Waals surface area contributed by atoms with Crippen LogP contribution in [0.3, 0.4) is 0 Å². The van der Waals surface area contributed by atoms with Crippen LogP contribution in [0.25, 0.3) is 0 Å². The van der Waals surface area contributed by atoms with Crippen molar-refractivity contribution in [3.8, 4) is 0 Å². The number of primary sulfonamides is 1. The minimum Gasteiger partial charge on any atom is -0.228 e. The second kappa shape index (κ2) is 4.39. The minimum atomic E-state index is -3.57. The molecule has 0 aromatic heterocycles. The van der Waals surface area contributed by atoms with Crippen LogP contribution in [-0.4, -0.2) is 8.42 Å². The van der Waals surface area contributed by atoms with E-state index in [-0.39, 0.29) is 0 Å². The molecule has 0 saturated carbocycles. The lowest BCUT2D eigenvalue weighted by molar-refractivity contribution is 0.592. The topological polar surface area (TPSA) is 60.2 Å². The second-order valence-electron chi connectivity index (χ2n) is 2.95. The summed E-state index contributed by atoms with van der Waals surface area (Å²) in [7, 11) is -3.57. The quantitative estimate of drug-likeness (QED) is 0.772. The first-order chi connectivity index (χ1) is 6.55. The highest BCUT2D eigenvalue weighted by Crippen LogP contribution is 2.20. The van der Waals surface area contributed by atoms with Gasteiger partial charge in [0.15, 0.2) is 0 Å². The van der Waals surface area contributed by atoms with Crippen LogP contribution >= 0.6 is 0 Å². The largest absolute Gasteiger partial charge is 0.228 e. The number of hydrogen-bond acceptors (Lipinski definition) is 2. The van der Waals surface area contributed by atoms with Gasteiger partial charge in [0, 0.05) is 0 Å². The van der Waals surface area contributed by atoms with Gasteiger partial charge >= 0.3 is 0 Å². The average molecular weight is 211 g/mol. The third kappa shape index (κ3) is 2.68. The molecule has 0 saturated heterocycles. The van der Waals surface area contributed by atoms with Gasteiger partial charge in [-0.2, -0.15) is 0 Å². The van der Waals surface area contributed by atoms with E-state index in [0.29, 0.717) is 5.56 Å². The molecule has 0 amide bonds. The standard InChI is InChI=1S/C10H13NO2S/c1-2-6-10(14(11,12)13)9-7-4-3-5-8-9/h2-8,10H,1H3,(H2,11,12,13). The van der Waals surface area contributed by atoms with E-state index in [1.807, 2.05) is 6.07 Å². The first kappa shape index (κ1) is 10.9. The lowest BCUT2D eigenvalue weighted by Gasteiger charge is -2.09. The van der Waals surface area contributed by atoms with Crippen molar-refractivity contribution < 1.29 is 8.42 Å². The summed E-state index contributed by atoms with van der Waals surface area (Å²) < 4.78 is 22.5. The highest BCUT2D eigenvalue weighted by molar-refractivity contribution is 7.89. The molecule has 76 valence electrons. The van der Waals surface area contributed by atoms with Crippen molar-refractivity contribution in [2.24, 2.45) is 5.14 Å². The van der Waals surface area contributed by atoms with E-state index in [9.17, 15) is 8.42 Å². The summed E-state index contributed by atoms with van der Waals surface area (Å²) in [5.41, 5.74) is 0.688. The fourth-order valence-corrected chi connectivity index (χ4v) is 2.14. The van der Waals surface area contributed by atoms with Gasteiger partial charge in [0.05, 0.1) is 0 Å². The lowest BCUT2D eigenvalue weighted by Crippen LogP contribution is -2.20. The predicted octanol–water partition coefficient (Wildman–Crippen LogP) is 1.59. The molecular weight excluding hydrogens is 198 g/mol. The molecule has 14 heavy (non-hydrogen) atoms. The molecule has 2 N–H and O–H groups in total. The molecule has 1 aromatic rings. The lowest BCUT2D eigenvalue weighted by atomic mass is 10.1. The Morgan fingerprint density at radius 2 is 1.86 bits per heavy atom. The summed E-state index contributed by atoms with van der Waals surface area (Å²) in [4.78, 5) is 0. The van der Waals surface area contributed by atoms with E-state index < -0.39 is 15.3 Å². The predicted molar refractivity (Wildman–Crippen MR) is 57.1 cm³/mol. The van der Waals surface area contributed by atoms with E-state index in [4.69, 9.17) is 5.14 Å². The summed E-state index contributed by atoms with van der Waals surface area (Å²) >= 11 is 0. The molecule has 0 fully saturated rings. The van der Waals surface area contributed by atoms with Crippen molar-refractivity contribution in [3.05, 3.63) is 48.0 Å². The van der Waals surface area contributed by atoms with Crippen molar-refractivity contribution in [2.45, 2.75) is 12.2 Å². The summed E-state index contributed by atoms with van der Waals surface area (Å²) in [5, 5.41) is 4.38. The smallest absolute Gasteiger partial charge is 0.219 e. The van der Waals surface area contributed by atoms with Crippen LogP contribution in [0.15, 0.2) is 42.5 Å². The molecule has 0 bridgehead atoms. The Kier molecular flexibility index (Phi) is 3.43. The maximum Gasteiger partial charge on any atom is 0.219 e. The van der Waals surface area contributed by atoms with Gasteiger partial charge in [-0.25, -0.2) is 13.6 Å². The molecule has 0 aliphatic carbocycles. The number of benzene rings is 1. The summed E-state index contributed by atoms with van der Waals surface area (Å²) in [6.45, 7) is 1.76. The number of sulfonamides is 1. The average Bonchev–Trinajstić information content (AvgIpc) is 2.14. The van der Waals surface area contributed by atoms with Crippen LogP contribution in [0, 0.1) is 0 Å². The molecule has 0 heterocycles. The Balaban J connectivity index is 3.15. The van der Waals surface area contributed by atoms with E-state index in [1.165, 1.54) is 0 Å². The summed E-state index contributed by atoms with van der Waals surface area (Å²) in [6.07, 6.45) is 3.26. The Bertz CT molecular complexity index is 409. The van der Waals surface area contributed by atoms with Crippen LogP contribution in [0.2, 0.25) is 0 Å². The molecule has 0 spiro atoms. The Morgan fingerprint density at radius 1 is 1.29 bits per heavy atom. The van der Waals surface area contributed by atoms with Gasteiger partial charge < -0.3 is 0 Å². The monoisotopic (exact) mass is 211 g/mol. The van der Waals surface area contributed by atoms with Crippen LogP contribution in [-0.2, 0) is 10.0 Å². The molecular formula is C10H13NO2S. The zero-order chi connectivity index (χ0) is 10.6. The fraction of sp³-hybridized carbons (Fsp3) is 0.200. The van der Waals surface area contributed by atoms with E-state index in [2.05, 4.69) is 0 Å². The van der Waals surface area contributed by atoms with Gasteiger partial charge in [0.2, 0.25) is 10.0 Å². The Labute approximate surface area is 84.3 Å². The molecule has 1 rings (SSSR count). The molecule has 4 heteroatoms. The van der Waals surface area contributed by atoms with Gasteiger partial charge in [0.25, 0.3) is 0 Å². The first-order valence-electron chi connectivity index (χ1n) is 4.25. The summed E-state index contributed by atoms with van der Waals surface area (Å²) in [6, 6.07) is 8.90. The van der Waals surface area contributed by atoms with Crippen LogP contribution in [0.4, 0.5) is 0 Å². The third-order valence-corrected chi connectivity index (χ3v) is 2.99. The number of allylic oxidation sites excluding steroid dienone is 1. The van der Waals surface area contributed by atoms with E-state index in [1.54, 1.807) is 43.3 Å². The number of rotatable bonds is 3. The van der Waals surface area contributed by atoms with Crippen molar-refractivity contribution >= 4 is 10.0 Å². The van der Waals surface area contributed by atoms with Crippen molar-refractivity contribution in [2.75, 3.05) is 0 Å². The molecule has 3 nitrogen and oxygen atoms in total. The highest BCUT2D eigenvalue weighted by atomic mass is 32.2. The molecule has 1 unspecified atom stereocenters. The van der Waals surface area contributed by atoms with Crippen LogP contribution in [0.5, 0.6) is 0 Å². The van der Waals surface area contributed by atoms with Gasteiger partial charge in [0.1, 0.15) is 5.25 Å². The molecule has 0 radical (unpaired) electrons. The van der Waals surface area contributed by atoms with E-state index >= 15 is 0 Å². The molecule has 0 aliphatic rings. The zero-order valence-electron chi connectivity index (χ0n) is 7.92. The maximum absolute atomic E-state index is 11.2. The van der Waals surface area contributed by atoms with Gasteiger partial charge in [-0.15, -0.1) is 0 Å². The maximum atomic E-state index is 11.2. The summed E-state index contributed by atoms with van der Waals surface area (Å²) in [5.74, 6) is 0. The second-order valence-corrected chi connectivity index (χ2v) is 4.63. The van der Waals surface area contributed by atoms with Gasteiger partial charge in [-0.3, -0.25) is 0 Å². The van der Waals surface area contributed by atoms with Gasteiger partial charge in [-0.05, 0) is 12.5 Å². The SMILES string of the molecule is CC=CC(c1ccccc1)S(N)(=O)=O. The molecule has 0 aliphatic heterocycles. The van der Waals surface area contributed by atoms with Crippen LogP contribution in [0.1, 0.15) is 17.7 Å². The van der Waals surface area contributed by atoms with E-state index in [0.717, 1.165) is 0 Å². The Hall–Kier alpha value is -1.13. The van der Waals surface area contributed by atoms with Crippen molar-refractivity contribution in [1.82, 2.24) is 0 Å². The molecule has 1 atom stereocenters. The van der Waals surface area contributed by atoms with Crippen molar-refractivity contribution in [3.63, 3.8) is 0 Å². The Morgan fingerprint density at radius 3 is 2.29 bits per heavy atom. The third-order valence-electron chi connectivity index (χ3n) is 1.85. The number of nitrogens with two attached hydrogens (primary N) is 1.